The van der Waals surface area contributed by atoms with Crippen molar-refractivity contribution < 1.29 is 9.53 Å². The molecule has 4 heteroatoms. The molecule has 0 aliphatic heterocycles. The zero-order chi connectivity index (χ0) is 10.9. The van der Waals surface area contributed by atoms with Gasteiger partial charge in [0.05, 0.1) is 7.11 Å². The molecule has 1 saturated carbocycles. The van der Waals surface area contributed by atoms with Crippen molar-refractivity contribution >= 4 is 29.2 Å². The molecule has 1 rings (SSSR count). The van der Waals surface area contributed by atoms with Crippen molar-refractivity contribution in [3.8, 4) is 0 Å². The molecule has 0 aromatic rings. The molecular formula is C10H14Cl2O2. The third-order valence-corrected chi connectivity index (χ3v) is 3.31. The van der Waals surface area contributed by atoms with Gasteiger partial charge in [-0.15, -0.1) is 0 Å². The minimum atomic E-state index is -0.176. The topological polar surface area (TPSA) is 26.3 Å². The molecule has 2 nitrogen and oxygen atoms in total. The van der Waals surface area contributed by atoms with E-state index < -0.39 is 0 Å². The van der Waals surface area contributed by atoms with Crippen molar-refractivity contribution in [3.05, 3.63) is 10.6 Å². The van der Waals surface area contributed by atoms with Crippen LogP contribution in [0.4, 0.5) is 0 Å². The normalized spacial score (nSPS) is 28.1. The summed E-state index contributed by atoms with van der Waals surface area (Å²) in [6.45, 7) is 4.19. The molecule has 1 fully saturated rings. The summed E-state index contributed by atoms with van der Waals surface area (Å²) in [6, 6.07) is 0. The number of methoxy groups -OCH3 is 1. The molecule has 2 unspecified atom stereocenters. The Morgan fingerprint density at radius 2 is 2.07 bits per heavy atom. The molecule has 80 valence electrons. The number of halogens is 2. The van der Waals surface area contributed by atoms with Gasteiger partial charge in [0.25, 0.3) is 0 Å². The van der Waals surface area contributed by atoms with Gasteiger partial charge < -0.3 is 4.74 Å². The minimum absolute atomic E-state index is 0.100. The third kappa shape index (κ3) is 2.43. The summed E-state index contributed by atoms with van der Waals surface area (Å²) in [5.74, 6) is 0.402. The lowest BCUT2D eigenvalue weighted by atomic mass is 10.1. The van der Waals surface area contributed by atoms with Gasteiger partial charge in [-0.2, -0.15) is 0 Å². The van der Waals surface area contributed by atoms with E-state index in [0.29, 0.717) is 12.3 Å². The quantitative estimate of drug-likeness (QED) is 0.705. The molecule has 1 aliphatic carbocycles. The van der Waals surface area contributed by atoms with Crippen molar-refractivity contribution in [1.29, 1.82) is 0 Å². The predicted octanol–water partition coefficient (Wildman–Crippen LogP) is 3.14. The van der Waals surface area contributed by atoms with Gasteiger partial charge in [-0.05, 0) is 17.3 Å². The monoisotopic (exact) mass is 236 g/mol. The maximum Gasteiger partial charge on any atom is 0.305 e. The van der Waals surface area contributed by atoms with E-state index in [4.69, 9.17) is 23.2 Å². The Hall–Kier alpha value is -0.210. The molecule has 0 aromatic heterocycles. The second-order valence-corrected chi connectivity index (χ2v) is 5.20. The molecule has 0 radical (unpaired) electrons. The Kier molecular flexibility index (Phi) is 3.49. The fourth-order valence-electron chi connectivity index (χ4n) is 1.91. The van der Waals surface area contributed by atoms with E-state index in [-0.39, 0.29) is 21.8 Å². The Morgan fingerprint density at radius 3 is 2.50 bits per heavy atom. The molecule has 0 saturated heterocycles. The molecular weight excluding hydrogens is 223 g/mol. The van der Waals surface area contributed by atoms with E-state index in [1.54, 1.807) is 6.08 Å². The summed E-state index contributed by atoms with van der Waals surface area (Å²) in [7, 11) is 1.40. The zero-order valence-electron chi connectivity index (χ0n) is 8.51. The highest BCUT2D eigenvalue weighted by molar-refractivity contribution is 6.55. The summed E-state index contributed by atoms with van der Waals surface area (Å²) >= 11 is 11.2. The van der Waals surface area contributed by atoms with Crippen LogP contribution in [-0.4, -0.2) is 13.1 Å². The average Bonchev–Trinajstić information content (AvgIpc) is 2.55. The number of carbonyl (C=O) groups excluding carboxylic acids is 1. The smallest absolute Gasteiger partial charge is 0.305 e. The maximum absolute atomic E-state index is 11.1. The minimum Gasteiger partial charge on any atom is -0.469 e. The highest BCUT2D eigenvalue weighted by Gasteiger charge is 2.56. The molecule has 0 heterocycles. The number of allylic oxidation sites excluding steroid dienone is 1. The molecule has 2 atom stereocenters. The molecule has 1 aliphatic rings. The fraction of sp³-hybridized carbons (Fsp3) is 0.700. The van der Waals surface area contributed by atoms with Crippen molar-refractivity contribution in [1.82, 2.24) is 0 Å². The molecule has 0 spiro atoms. The highest BCUT2D eigenvalue weighted by atomic mass is 35.5. The summed E-state index contributed by atoms with van der Waals surface area (Å²) < 4.78 is 4.90. The van der Waals surface area contributed by atoms with E-state index in [2.05, 4.69) is 18.6 Å². The number of hydrogen-bond acceptors (Lipinski definition) is 2. The third-order valence-electron chi connectivity index (χ3n) is 3.06. The van der Waals surface area contributed by atoms with Gasteiger partial charge in [-0.1, -0.05) is 43.1 Å². The lowest BCUT2D eigenvalue weighted by Crippen LogP contribution is -2.03. The summed E-state index contributed by atoms with van der Waals surface area (Å²) in [5, 5.41) is 0. The predicted molar refractivity (Wildman–Crippen MR) is 57.2 cm³/mol. The van der Waals surface area contributed by atoms with Crippen LogP contribution >= 0.6 is 23.2 Å². The first-order valence-electron chi connectivity index (χ1n) is 4.49. The number of esters is 1. The summed E-state index contributed by atoms with van der Waals surface area (Å²) in [6.07, 6.45) is 2.24. The SMILES string of the molecule is COC(=O)CC1C(C=C(Cl)Cl)C1(C)C. The van der Waals surface area contributed by atoms with Crippen LogP contribution < -0.4 is 0 Å². The van der Waals surface area contributed by atoms with Gasteiger partial charge in [-0.25, -0.2) is 0 Å². The van der Waals surface area contributed by atoms with E-state index in [1.165, 1.54) is 7.11 Å². The van der Waals surface area contributed by atoms with Crippen LogP contribution in [-0.2, 0) is 9.53 Å². The van der Waals surface area contributed by atoms with Crippen molar-refractivity contribution in [3.63, 3.8) is 0 Å². The standard InChI is InChI=1S/C10H14Cl2O2/c1-10(2)6(4-8(11)12)7(10)5-9(13)14-3/h4,6-7H,5H2,1-3H3. The molecule has 0 amide bonds. The first-order chi connectivity index (χ1) is 6.39. The Balaban J connectivity index is 2.58. The van der Waals surface area contributed by atoms with Gasteiger partial charge >= 0.3 is 5.97 Å². The number of carbonyl (C=O) groups is 1. The fourth-order valence-corrected chi connectivity index (χ4v) is 2.18. The second kappa shape index (κ2) is 4.11. The van der Waals surface area contributed by atoms with Crippen LogP contribution in [0, 0.1) is 17.3 Å². The number of ether oxygens (including phenoxy) is 1. The van der Waals surface area contributed by atoms with Crippen molar-refractivity contribution in [2.24, 2.45) is 17.3 Å². The Bertz CT molecular complexity index is 267. The Morgan fingerprint density at radius 1 is 1.50 bits per heavy atom. The summed E-state index contributed by atoms with van der Waals surface area (Å²) in [4.78, 5) is 11.1. The lowest BCUT2D eigenvalue weighted by Gasteiger charge is -2.00. The van der Waals surface area contributed by atoms with Gasteiger partial charge in [0.15, 0.2) is 0 Å². The van der Waals surface area contributed by atoms with Crippen molar-refractivity contribution in [2.45, 2.75) is 20.3 Å². The molecule has 0 bridgehead atoms. The average molecular weight is 237 g/mol. The zero-order valence-corrected chi connectivity index (χ0v) is 10.0. The number of rotatable bonds is 3. The van der Waals surface area contributed by atoms with E-state index >= 15 is 0 Å². The van der Waals surface area contributed by atoms with Crippen LogP contribution in [0.2, 0.25) is 0 Å². The Labute approximate surface area is 94.2 Å². The van der Waals surface area contributed by atoms with E-state index in [1.807, 2.05) is 0 Å². The lowest BCUT2D eigenvalue weighted by molar-refractivity contribution is -0.141. The van der Waals surface area contributed by atoms with Crippen LogP contribution in [0.1, 0.15) is 20.3 Å². The largest absolute Gasteiger partial charge is 0.469 e. The van der Waals surface area contributed by atoms with Crippen LogP contribution in [0.25, 0.3) is 0 Å². The van der Waals surface area contributed by atoms with Crippen LogP contribution in [0.5, 0.6) is 0 Å². The molecule has 0 N–H and O–H groups in total. The van der Waals surface area contributed by atoms with Crippen molar-refractivity contribution in [2.75, 3.05) is 7.11 Å². The molecule has 0 aromatic carbocycles. The maximum atomic E-state index is 11.1. The van der Waals surface area contributed by atoms with Crippen LogP contribution in [0.15, 0.2) is 10.6 Å². The first-order valence-corrected chi connectivity index (χ1v) is 5.24. The van der Waals surface area contributed by atoms with E-state index in [0.717, 1.165) is 0 Å². The first kappa shape index (κ1) is 11.9. The van der Waals surface area contributed by atoms with Gasteiger partial charge in [0.1, 0.15) is 4.49 Å². The summed E-state index contributed by atoms with van der Waals surface area (Å²) in [5.41, 5.74) is 0.100. The second-order valence-electron chi connectivity index (χ2n) is 4.19. The van der Waals surface area contributed by atoms with Crippen LogP contribution in [0.3, 0.4) is 0 Å². The highest BCUT2D eigenvalue weighted by Crippen LogP contribution is 2.61. The van der Waals surface area contributed by atoms with Gasteiger partial charge in [0, 0.05) is 6.42 Å². The number of hydrogen-bond donors (Lipinski definition) is 0. The van der Waals surface area contributed by atoms with Gasteiger partial charge in [-0.3, -0.25) is 4.79 Å². The molecule has 14 heavy (non-hydrogen) atoms. The van der Waals surface area contributed by atoms with Gasteiger partial charge in [0.2, 0.25) is 0 Å². The van der Waals surface area contributed by atoms with E-state index in [9.17, 15) is 4.79 Å².